The maximum Gasteiger partial charge on any atom is 0.256 e. The molecule has 5 aromatic rings. The first-order valence-corrected chi connectivity index (χ1v) is 10.4. The fourth-order valence-corrected chi connectivity index (χ4v) is 3.72. The summed E-state index contributed by atoms with van der Waals surface area (Å²) in [6.45, 7) is 6.36. The third-order valence-electron chi connectivity index (χ3n) is 5.59. The molecule has 0 atom stereocenters. The molecule has 1 N–H and O–H groups in total. The van der Waals surface area contributed by atoms with Crippen molar-refractivity contribution in [2.45, 2.75) is 27.3 Å². The van der Waals surface area contributed by atoms with Crippen molar-refractivity contribution in [1.82, 2.24) is 24.7 Å². The lowest BCUT2D eigenvalue weighted by Gasteiger charge is -2.12. The van der Waals surface area contributed by atoms with Gasteiger partial charge in [-0.25, -0.2) is 9.97 Å². The number of hydrogen-bond acceptors (Lipinski definition) is 5. The van der Waals surface area contributed by atoms with Gasteiger partial charge in [0.1, 0.15) is 0 Å². The standard InChI is InChI=1S/C25H22N6O/c1-15-10-11-26-31(15)14-19-12-21(20-6-4-5-7-22(20)29-19)25(32)30-18-8-9-23-24(13-18)28-17(3)16(2)27-23/h4-13H,14H2,1-3H3,(H,30,32). The van der Waals surface area contributed by atoms with Crippen LogP contribution in [0.1, 0.15) is 33.1 Å². The fourth-order valence-electron chi connectivity index (χ4n) is 3.72. The van der Waals surface area contributed by atoms with Crippen molar-refractivity contribution in [3.63, 3.8) is 0 Å². The molecule has 158 valence electrons. The smallest absolute Gasteiger partial charge is 0.256 e. The number of anilines is 1. The lowest BCUT2D eigenvalue weighted by molar-refractivity contribution is 0.102. The van der Waals surface area contributed by atoms with E-state index < -0.39 is 0 Å². The maximum atomic E-state index is 13.3. The van der Waals surface area contributed by atoms with Crippen LogP contribution in [0.15, 0.2) is 60.8 Å². The lowest BCUT2D eigenvalue weighted by atomic mass is 10.1. The monoisotopic (exact) mass is 422 g/mol. The number of carbonyl (C=O) groups excluding carboxylic acids is 1. The van der Waals surface area contributed by atoms with E-state index in [1.165, 1.54) is 0 Å². The molecule has 0 aliphatic carbocycles. The molecule has 3 aromatic heterocycles. The molecule has 0 aliphatic heterocycles. The summed E-state index contributed by atoms with van der Waals surface area (Å²) in [5, 5.41) is 8.16. The van der Waals surface area contributed by atoms with E-state index in [1.807, 2.05) is 80.1 Å². The van der Waals surface area contributed by atoms with Crippen LogP contribution in [-0.4, -0.2) is 30.6 Å². The summed E-state index contributed by atoms with van der Waals surface area (Å²) >= 11 is 0. The van der Waals surface area contributed by atoms with Crippen LogP contribution in [0, 0.1) is 20.8 Å². The number of para-hydroxylation sites is 1. The maximum absolute atomic E-state index is 13.3. The molecule has 0 aliphatic rings. The second-order valence-corrected chi connectivity index (χ2v) is 7.86. The molecule has 0 saturated heterocycles. The number of aromatic nitrogens is 5. The van der Waals surface area contributed by atoms with Gasteiger partial charge < -0.3 is 5.32 Å². The molecule has 0 fully saturated rings. The van der Waals surface area contributed by atoms with Crippen molar-refractivity contribution >= 4 is 33.5 Å². The summed E-state index contributed by atoms with van der Waals surface area (Å²) in [5.74, 6) is -0.196. The fraction of sp³-hybridized carbons (Fsp3) is 0.160. The van der Waals surface area contributed by atoms with E-state index in [4.69, 9.17) is 4.98 Å². The number of aryl methyl sites for hydroxylation is 3. The number of nitrogens with one attached hydrogen (secondary N) is 1. The van der Waals surface area contributed by atoms with Crippen molar-refractivity contribution < 1.29 is 4.79 Å². The highest BCUT2D eigenvalue weighted by atomic mass is 16.1. The first kappa shape index (κ1) is 19.8. The third kappa shape index (κ3) is 3.69. The number of amides is 1. The zero-order chi connectivity index (χ0) is 22.2. The minimum atomic E-state index is -0.196. The van der Waals surface area contributed by atoms with Gasteiger partial charge in [-0.3, -0.25) is 14.5 Å². The number of rotatable bonds is 4. The van der Waals surface area contributed by atoms with Gasteiger partial charge in [0.05, 0.1) is 45.7 Å². The minimum absolute atomic E-state index is 0.196. The van der Waals surface area contributed by atoms with E-state index in [0.29, 0.717) is 17.8 Å². The quantitative estimate of drug-likeness (QED) is 0.457. The molecule has 0 radical (unpaired) electrons. The number of benzene rings is 2. The molecule has 7 heteroatoms. The Morgan fingerprint density at radius 3 is 2.44 bits per heavy atom. The van der Waals surface area contributed by atoms with E-state index in [2.05, 4.69) is 20.4 Å². The van der Waals surface area contributed by atoms with Crippen LogP contribution in [-0.2, 0) is 6.54 Å². The van der Waals surface area contributed by atoms with Crippen LogP contribution in [0.4, 0.5) is 5.69 Å². The minimum Gasteiger partial charge on any atom is -0.322 e. The largest absolute Gasteiger partial charge is 0.322 e. The van der Waals surface area contributed by atoms with Crippen molar-refractivity contribution in [3.05, 3.63) is 89.1 Å². The Balaban J connectivity index is 1.51. The van der Waals surface area contributed by atoms with Gasteiger partial charge in [0.2, 0.25) is 0 Å². The van der Waals surface area contributed by atoms with E-state index in [-0.39, 0.29) is 5.91 Å². The normalized spacial score (nSPS) is 11.2. The van der Waals surface area contributed by atoms with E-state index in [9.17, 15) is 4.79 Å². The predicted octanol–water partition coefficient (Wildman–Crippen LogP) is 4.60. The topological polar surface area (TPSA) is 85.6 Å². The van der Waals surface area contributed by atoms with E-state index in [0.717, 1.165) is 44.7 Å². The average Bonchev–Trinajstić information content (AvgIpc) is 3.18. The summed E-state index contributed by atoms with van der Waals surface area (Å²) in [6.07, 6.45) is 1.76. The second kappa shape index (κ2) is 7.85. The summed E-state index contributed by atoms with van der Waals surface area (Å²) in [5.41, 5.74) is 7.15. The van der Waals surface area contributed by atoms with Gasteiger partial charge in [-0.2, -0.15) is 5.10 Å². The van der Waals surface area contributed by atoms with Gasteiger partial charge in [0.15, 0.2) is 0 Å². The molecular formula is C25H22N6O. The molecule has 5 rings (SSSR count). The highest BCUT2D eigenvalue weighted by Crippen LogP contribution is 2.22. The molecule has 0 spiro atoms. The van der Waals surface area contributed by atoms with Crippen molar-refractivity contribution in [2.75, 3.05) is 5.32 Å². The third-order valence-corrected chi connectivity index (χ3v) is 5.59. The Morgan fingerprint density at radius 2 is 1.66 bits per heavy atom. The van der Waals surface area contributed by atoms with Crippen LogP contribution < -0.4 is 5.32 Å². The number of carbonyl (C=O) groups is 1. The number of hydrogen-bond donors (Lipinski definition) is 1. The van der Waals surface area contributed by atoms with Crippen molar-refractivity contribution in [2.24, 2.45) is 0 Å². The van der Waals surface area contributed by atoms with Crippen LogP contribution >= 0.6 is 0 Å². The number of fused-ring (bicyclic) bond motifs is 2. The average molecular weight is 422 g/mol. The molecule has 1 amide bonds. The molecule has 0 unspecified atom stereocenters. The van der Waals surface area contributed by atoms with Crippen LogP contribution in [0.25, 0.3) is 21.9 Å². The lowest BCUT2D eigenvalue weighted by Crippen LogP contribution is -2.14. The summed E-state index contributed by atoms with van der Waals surface area (Å²) < 4.78 is 1.87. The zero-order valence-electron chi connectivity index (χ0n) is 18.1. The molecule has 2 aromatic carbocycles. The van der Waals surface area contributed by atoms with Gasteiger partial charge in [0.25, 0.3) is 5.91 Å². The first-order chi connectivity index (χ1) is 15.5. The molecule has 32 heavy (non-hydrogen) atoms. The van der Waals surface area contributed by atoms with E-state index in [1.54, 1.807) is 6.20 Å². The number of pyridine rings is 1. The van der Waals surface area contributed by atoms with Gasteiger partial charge in [-0.1, -0.05) is 18.2 Å². The van der Waals surface area contributed by atoms with Crippen molar-refractivity contribution in [1.29, 1.82) is 0 Å². The van der Waals surface area contributed by atoms with Gasteiger partial charge in [-0.05, 0) is 57.2 Å². The van der Waals surface area contributed by atoms with E-state index >= 15 is 0 Å². The Hall–Kier alpha value is -4.13. The number of nitrogens with zero attached hydrogens (tertiary/aromatic N) is 5. The molecular weight excluding hydrogens is 400 g/mol. The van der Waals surface area contributed by atoms with Gasteiger partial charge in [-0.15, -0.1) is 0 Å². The van der Waals surface area contributed by atoms with Crippen molar-refractivity contribution in [3.8, 4) is 0 Å². The summed E-state index contributed by atoms with van der Waals surface area (Å²) in [6, 6.07) is 17.0. The molecule has 0 saturated carbocycles. The molecule has 7 nitrogen and oxygen atoms in total. The predicted molar refractivity (Wildman–Crippen MR) is 125 cm³/mol. The second-order valence-electron chi connectivity index (χ2n) is 7.86. The highest BCUT2D eigenvalue weighted by molar-refractivity contribution is 6.12. The molecule has 0 bridgehead atoms. The Kier molecular flexibility index (Phi) is 4.86. The van der Waals surface area contributed by atoms with Crippen LogP contribution in [0.5, 0.6) is 0 Å². The Bertz CT molecular complexity index is 1490. The SMILES string of the molecule is Cc1nc2ccc(NC(=O)c3cc(Cn4nccc4C)nc4ccccc34)cc2nc1C. The highest BCUT2D eigenvalue weighted by Gasteiger charge is 2.15. The van der Waals surface area contributed by atoms with Crippen LogP contribution in [0.2, 0.25) is 0 Å². The Labute approximate surface area is 185 Å². The summed E-state index contributed by atoms with van der Waals surface area (Å²) in [7, 11) is 0. The van der Waals surface area contributed by atoms with Crippen LogP contribution in [0.3, 0.4) is 0 Å². The zero-order valence-corrected chi connectivity index (χ0v) is 18.1. The summed E-state index contributed by atoms with van der Waals surface area (Å²) in [4.78, 5) is 27.2. The van der Waals surface area contributed by atoms with Gasteiger partial charge in [0, 0.05) is 23.0 Å². The van der Waals surface area contributed by atoms with Gasteiger partial charge >= 0.3 is 0 Å². The Morgan fingerprint density at radius 1 is 0.875 bits per heavy atom. The molecule has 3 heterocycles. The first-order valence-electron chi connectivity index (χ1n) is 10.4.